The van der Waals surface area contributed by atoms with E-state index in [2.05, 4.69) is 50.2 Å². The summed E-state index contributed by atoms with van der Waals surface area (Å²) in [6, 6.07) is 8.76. The Morgan fingerprint density at radius 2 is 1.16 bits per heavy atom. The van der Waals surface area contributed by atoms with Gasteiger partial charge in [-0.3, -0.25) is 0 Å². The minimum Gasteiger partial charge on any atom is -0.396 e. The Bertz CT molecular complexity index is 522. The Labute approximate surface area is 194 Å². The summed E-state index contributed by atoms with van der Waals surface area (Å²) in [7, 11) is 0. The lowest BCUT2D eigenvalue weighted by atomic mass is 10.0. The van der Waals surface area contributed by atoms with Crippen molar-refractivity contribution in [2.45, 2.75) is 130 Å². The molecule has 0 bridgehead atoms. The summed E-state index contributed by atoms with van der Waals surface area (Å²) in [6.45, 7) is 7.37. The summed E-state index contributed by atoms with van der Waals surface area (Å²) in [5, 5.41) is 4.17. The molecule has 178 valence electrons. The summed E-state index contributed by atoms with van der Waals surface area (Å²) >= 11 is 0. The third-order valence-electron chi connectivity index (χ3n) is 6.16. The summed E-state index contributed by atoms with van der Waals surface area (Å²) in [5.41, 5.74) is 2.68. The van der Waals surface area contributed by atoms with Crippen LogP contribution in [-0.2, 0) is 11.3 Å². The van der Waals surface area contributed by atoms with Gasteiger partial charge in [0, 0.05) is 6.21 Å². The molecule has 0 radical (unpaired) electrons. The molecule has 0 saturated heterocycles. The molecule has 0 aliphatic heterocycles. The zero-order valence-electron chi connectivity index (χ0n) is 21.0. The highest BCUT2D eigenvalue weighted by Crippen LogP contribution is 2.14. The molecule has 1 aromatic carbocycles. The number of hydrogen-bond acceptors (Lipinski definition) is 2. The van der Waals surface area contributed by atoms with Gasteiger partial charge in [-0.15, -0.1) is 0 Å². The lowest BCUT2D eigenvalue weighted by molar-refractivity contribution is 0.139. The normalized spacial score (nSPS) is 12.5. The molecule has 2 heteroatoms. The van der Waals surface area contributed by atoms with Crippen LogP contribution in [0.25, 0.3) is 0 Å². The predicted octanol–water partition coefficient (Wildman–Crippen LogP) is 9.44. The largest absolute Gasteiger partial charge is 0.396 e. The van der Waals surface area contributed by atoms with E-state index in [9.17, 15) is 0 Å². The molecule has 0 aromatic heterocycles. The van der Waals surface area contributed by atoms with Crippen molar-refractivity contribution < 1.29 is 4.84 Å². The first-order valence-electron chi connectivity index (χ1n) is 13.4. The average molecular weight is 430 g/mol. The summed E-state index contributed by atoms with van der Waals surface area (Å²) in [6.07, 6.45) is 25.3. The highest BCUT2D eigenvalue weighted by molar-refractivity contribution is 5.60. The maximum absolute atomic E-state index is 5.45. The lowest BCUT2D eigenvalue weighted by Crippen LogP contribution is -2.02. The number of rotatable bonds is 21. The number of aryl methyl sites for hydroxylation is 1. The number of oxime groups is 1. The second-order valence-corrected chi connectivity index (χ2v) is 9.56. The summed E-state index contributed by atoms with van der Waals surface area (Å²) in [4.78, 5) is 5.45. The molecule has 1 unspecified atom stereocenters. The fourth-order valence-electron chi connectivity index (χ4n) is 4.06. The van der Waals surface area contributed by atoms with Crippen molar-refractivity contribution in [3.63, 3.8) is 0 Å². The Kier molecular flexibility index (Phi) is 18.4. The van der Waals surface area contributed by atoms with Crippen molar-refractivity contribution in [1.29, 1.82) is 0 Å². The van der Waals surface area contributed by atoms with Gasteiger partial charge >= 0.3 is 0 Å². The lowest BCUT2D eigenvalue weighted by Gasteiger charge is -2.06. The van der Waals surface area contributed by atoms with Gasteiger partial charge in [-0.2, -0.15) is 0 Å². The number of benzene rings is 1. The first-order valence-corrected chi connectivity index (χ1v) is 13.4. The van der Waals surface area contributed by atoms with E-state index in [0.717, 1.165) is 19.4 Å². The second-order valence-electron chi connectivity index (χ2n) is 9.56. The van der Waals surface area contributed by atoms with Crippen LogP contribution >= 0.6 is 0 Å². The molecule has 0 aliphatic carbocycles. The van der Waals surface area contributed by atoms with Crippen LogP contribution in [0, 0.1) is 12.8 Å². The molecular weight excluding hydrogens is 378 g/mol. The predicted molar refractivity (Wildman–Crippen MR) is 138 cm³/mol. The first kappa shape index (κ1) is 27.7. The van der Waals surface area contributed by atoms with Crippen molar-refractivity contribution in [3.05, 3.63) is 35.4 Å². The molecule has 0 amide bonds. The molecule has 0 fully saturated rings. The molecule has 0 spiro atoms. The van der Waals surface area contributed by atoms with E-state index in [-0.39, 0.29) is 0 Å². The Hall–Kier alpha value is -1.31. The van der Waals surface area contributed by atoms with E-state index >= 15 is 0 Å². The molecule has 1 atom stereocenters. The van der Waals surface area contributed by atoms with Crippen molar-refractivity contribution >= 4 is 6.21 Å². The number of nitrogens with zero attached hydrogens (tertiary/aromatic N) is 1. The molecule has 1 rings (SSSR count). The Balaban J connectivity index is 1.79. The molecule has 0 aliphatic rings. The summed E-state index contributed by atoms with van der Waals surface area (Å²) in [5.74, 6) is 0.411. The maximum Gasteiger partial charge on any atom is 0.117 e. The van der Waals surface area contributed by atoms with Crippen LogP contribution < -0.4 is 0 Å². The standard InChI is InChI=1S/C29H51NO/c1-4-5-6-7-8-9-10-11-12-13-14-15-16-17-18-19-24-31-30-26-28(3)25-29-22-20-27(2)21-23-29/h20-23,26,28H,4-19,24-25H2,1-3H3. The molecule has 31 heavy (non-hydrogen) atoms. The van der Waals surface area contributed by atoms with Crippen molar-refractivity contribution in [1.82, 2.24) is 0 Å². The zero-order valence-corrected chi connectivity index (χ0v) is 21.0. The van der Waals surface area contributed by atoms with Gasteiger partial charge in [0.15, 0.2) is 0 Å². The van der Waals surface area contributed by atoms with Crippen molar-refractivity contribution in [2.75, 3.05) is 6.61 Å². The maximum atomic E-state index is 5.45. The van der Waals surface area contributed by atoms with E-state index < -0.39 is 0 Å². The van der Waals surface area contributed by atoms with Crippen LogP contribution in [0.5, 0.6) is 0 Å². The van der Waals surface area contributed by atoms with Crippen LogP contribution in [0.4, 0.5) is 0 Å². The Morgan fingerprint density at radius 3 is 1.65 bits per heavy atom. The van der Waals surface area contributed by atoms with Gasteiger partial charge in [0.25, 0.3) is 0 Å². The van der Waals surface area contributed by atoms with Crippen molar-refractivity contribution in [2.24, 2.45) is 11.1 Å². The number of unbranched alkanes of at least 4 members (excludes halogenated alkanes) is 15. The Morgan fingerprint density at radius 1 is 0.710 bits per heavy atom. The fraction of sp³-hybridized carbons (Fsp3) is 0.759. The van der Waals surface area contributed by atoms with Gasteiger partial charge in [-0.1, -0.05) is 139 Å². The SMILES string of the molecule is CCCCCCCCCCCCCCCCCCON=CC(C)Cc1ccc(C)cc1. The molecule has 0 saturated carbocycles. The average Bonchev–Trinajstić information content (AvgIpc) is 2.77. The van der Waals surface area contributed by atoms with Gasteiger partial charge in [0.1, 0.15) is 6.61 Å². The summed E-state index contributed by atoms with van der Waals surface area (Å²) < 4.78 is 0. The monoisotopic (exact) mass is 429 g/mol. The minimum atomic E-state index is 0.411. The molecule has 2 nitrogen and oxygen atoms in total. The smallest absolute Gasteiger partial charge is 0.117 e. The van der Waals surface area contributed by atoms with Crippen LogP contribution in [0.2, 0.25) is 0 Å². The third kappa shape index (κ3) is 18.0. The number of hydrogen-bond donors (Lipinski definition) is 0. The minimum absolute atomic E-state index is 0.411. The zero-order chi connectivity index (χ0) is 22.4. The van der Waals surface area contributed by atoms with Gasteiger partial charge in [-0.05, 0) is 37.7 Å². The van der Waals surface area contributed by atoms with Gasteiger partial charge < -0.3 is 4.84 Å². The van der Waals surface area contributed by atoms with Crippen LogP contribution in [-0.4, -0.2) is 12.8 Å². The van der Waals surface area contributed by atoms with Gasteiger partial charge in [-0.25, -0.2) is 0 Å². The van der Waals surface area contributed by atoms with E-state index in [1.807, 2.05) is 6.21 Å². The molecule has 0 N–H and O–H groups in total. The quantitative estimate of drug-likeness (QED) is 0.108. The first-order chi connectivity index (χ1) is 15.2. The van der Waals surface area contributed by atoms with E-state index in [1.54, 1.807) is 0 Å². The second kappa shape index (κ2) is 20.6. The van der Waals surface area contributed by atoms with Gasteiger partial charge in [0.2, 0.25) is 0 Å². The molecule has 1 aromatic rings. The van der Waals surface area contributed by atoms with Crippen LogP contribution in [0.3, 0.4) is 0 Å². The highest BCUT2D eigenvalue weighted by Gasteiger charge is 2.01. The molecule has 0 heterocycles. The van der Waals surface area contributed by atoms with Gasteiger partial charge in [0.05, 0.1) is 0 Å². The van der Waals surface area contributed by atoms with Crippen LogP contribution in [0.15, 0.2) is 29.4 Å². The van der Waals surface area contributed by atoms with Crippen LogP contribution in [0.1, 0.15) is 128 Å². The topological polar surface area (TPSA) is 21.6 Å². The van der Waals surface area contributed by atoms with E-state index in [0.29, 0.717) is 5.92 Å². The van der Waals surface area contributed by atoms with E-state index in [1.165, 1.54) is 107 Å². The fourth-order valence-corrected chi connectivity index (χ4v) is 4.06. The van der Waals surface area contributed by atoms with E-state index in [4.69, 9.17) is 4.84 Å². The highest BCUT2D eigenvalue weighted by atomic mass is 16.6. The third-order valence-corrected chi connectivity index (χ3v) is 6.16. The molecular formula is C29H51NO. The van der Waals surface area contributed by atoms with Crippen molar-refractivity contribution in [3.8, 4) is 0 Å².